The molecule has 1 fully saturated rings. The highest BCUT2D eigenvalue weighted by atomic mass is 32.2. The number of rotatable bonds is 1. The van der Waals surface area contributed by atoms with Crippen LogP contribution < -0.4 is 5.32 Å². The van der Waals surface area contributed by atoms with E-state index >= 15 is 0 Å². The Morgan fingerprint density at radius 2 is 2.17 bits per heavy atom. The lowest BCUT2D eigenvalue weighted by atomic mass is 9.60. The van der Waals surface area contributed by atoms with Gasteiger partial charge in [0.25, 0.3) is 0 Å². The molecule has 1 aromatic rings. The second-order valence-corrected chi connectivity index (χ2v) is 10.3. The number of carbonyl (C=O) groups excluding carboxylic acids is 2. The molecule has 0 amide bonds. The van der Waals surface area contributed by atoms with Crippen LogP contribution >= 0.6 is 0 Å². The summed E-state index contributed by atoms with van der Waals surface area (Å²) < 4.78 is 31.9. The number of nitrogens with zero attached hydrogens (tertiary/aromatic N) is 2. The predicted octanol–water partition coefficient (Wildman–Crippen LogP) is 0.367. The summed E-state index contributed by atoms with van der Waals surface area (Å²) >= 11 is 0. The van der Waals surface area contributed by atoms with E-state index in [2.05, 4.69) is 5.32 Å². The van der Waals surface area contributed by atoms with Crippen molar-refractivity contribution in [2.75, 3.05) is 19.4 Å². The Labute approximate surface area is 167 Å². The number of nitrogens with one attached hydrogen (secondary N) is 1. The molecule has 1 N–H and O–H groups in total. The van der Waals surface area contributed by atoms with Gasteiger partial charge in [0, 0.05) is 35.7 Å². The van der Waals surface area contributed by atoms with Crippen LogP contribution in [0, 0.1) is 5.41 Å². The normalized spacial score (nSPS) is 32.2. The smallest absolute Gasteiger partial charge is 0.236 e. The molecule has 3 atom stereocenters. The summed E-state index contributed by atoms with van der Waals surface area (Å²) in [5, 5.41) is 3.29. The predicted molar refractivity (Wildman–Crippen MR) is 104 cm³/mol. The van der Waals surface area contributed by atoms with Gasteiger partial charge in [-0.1, -0.05) is 6.08 Å². The van der Waals surface area contributed by atoms with Gasteiger partial charge in [-0.25, -0.2) is 12.4 Å². The third kappa shape index (κ3) is 2.12. The Bertz CT molecular complexity index is 1220. The standard InChI is InChI=1S/C20H19N3O5S/c1-29(26,27)23-8-10-3-5-21-16-14(10)18(23)19(25)17-15(16)20-4-2-12(24)6-13(20)28-9-11(7-20)22-17/h2,4,8,11,13,22H,3,5-7,9H2,1H3/t11-,13+,20+/m0/s1. The van der Waals surface area contributed by atoms with Gasteiger partial charge in [-0.05, 0) is 24.5 Å². The first-order chi connectivity index (χ1) is 13.8. The van der Waals surface area contributed by atoms with E-state index in [-0.39, 0.29) is 35.8 Å². The first-order valence-corrected chi connectivity index (χ1v) is 11.5. The average Bonchev–Trinajstić information content (AvgIpc) is 3.08. The van der Waals surface area contributed by atoms with Crippen LogP contribution in [0.2, 0.25) is 0 Å². The van der Waals surface area contributed by atoms with Crippen LogP contribution in [-0.2, 0) is 26.0 Å². The molecule has 8 nitrogen and oxygen atoms in total. The molecule has 2 aliphatic carbocycles. The second-order valence-electron chi connectivity index (χ2n) is 8.41. The van der Waals surface area contributed by atoms with Crippen molar-refractivity contribution in [2.24, 2.45) is 10.4 Å². The maximum atomic E-state index is 13.6. The summed E-state index contributed by atoms with van der Waals surface area (Å²) in [6.45, 7) is 0.920. The van der Waals surface area contributed by atoms with E-state index in [4.69, 9.17) is 9.73 Å². The molecule has 6 rings (SSSR count). The molecule has 1 spiro atoms. The first kappa shape index (κ1) is 17.3. The molecule has 9 heteroatoms. The quantitative estimate of drug-likeness (QED) is 0.713. The number of ketones is 2. The van der Waals surface area contributed by atoms with Gasteiger partial charge in [-0.2, -0.15) is 0 Å². The topological polar surface area (TPSA) is 107 Å². The van der Waals surface area contributed by atoms with E-state index in [0.29, 0.717) is 43.0 Å². The molecular weight excluding hydrogens is 394 g/mol. The van der Waals surface area contributed by atoms with Gasteiger partial charge >= 0.3 is 0 Å². The van der Waals surface area contributed by atoms with Crippen molar-refractivity contribution in [1.29, 1.82) is 0 Å². The third-order valence-electron chi connectivity index (χ3n) is 6.65. The zero-order valence-electron chi connectivity index (χ0n) is 15.8. The number of hydrogen-bond donors (Lipinski definition) is 1. The number of allylic oxidation sites excluding steroid dienone is 2. The lowest BCUT2D eigenvalue weighted by Crippen LogP contribution is -2.60. The van der Waals surface area contributed by atoms with Crippen LogP contribution in [0.3, 0.4) is 0 Å². The molecule has 4 heterocycles. The van der Waals surface area contributed by atoms with Gasteiger partial charge in [0.2, 0.25) is 15.8 Å². The summed E-state index contributed by atoms with van der Waals surface area (Å²) in [6.07, 6.45) is 7.35. The SMILES string of the molecule is CS(=O)(=O)n1cc2c3c1C(=O)C1=C(C3=NCC2)[C@@]23C=CC(=O)C[C@H]2OC[C@H](C3)N1. The number of aromatic nitrogens is 1. The molecule has 1 aromatic heterocycles. The minimum Gasteiger partial charge on any atom is -0.376 e. The molecule has 1 saturated heterocycles. The van der Waals surface area contributed by atoms with E-state index in [1.54, 1.807) is 12.3 Å². The molecular formula is C20H19N3O5S. The van der Waals surface area contributed by atoms with Crippen LogP contribution in [-0.4, -0.2) is 61.2 Å². The molecule has 0 unspecified atom stereocenters. The summed E-state index contributed by atoms with van der Waals surface area (Å²) in [5.74, 6) is -0.320. The highest BCUT2D eigenvalue weighted by Crippen LogP contribution is 2.53. The molecule has 2 bridgehead atoms. The maximum absolute atomic E-state index is 13.6. The van der Waals surface area contributed by atoms with Gasteiger partial charge in [-0.15, -0.1) is 0 Å². The van der Waals surface area contributed by atoms with Gasteiger partial charge in [0.15, 0.2) is 5.78 Å². The highest BCUT2D eigenvalue weighted by molar-refractivity contribution is 7.89. The number of ether oxygens (including phenoxy) is 1. The number of fused-ring (bicyclic) bond motifs is 2. The summed E-state index contributed by atoms with van der Waals surface area (Å²) in [7, 11) is -3.64. The lowest BCUT2D eigenvalue weighted by molar-refractivity contribution is -0.125. The fourth-order valence-electron chi connectivity index (χ4n) is 5.51. The number of Topliss-reactive ketones (excluding diaryl/α,β-unsaturated/α-hetero) is 1. The van der Waals surface area contributed by atoms with Crippen LogP contribution in [0.5, 0.6) is 0 Å². The van der Waals surface area contributed by atoms with E-state index < -0.39 is 15.4 Å². The Balaban J connectivity index is 1.67. The third-order valence-corrected chi connectivity index (χ3v) is 7.65. The molecule has 3 aliphatic heterocycles. The van der Waals surface area contributed by atoms with Crippen molar-refractivity contribution in [3.63, 3.8) is 0 Å². The average molecular weight is 413 g/mol. The zero-order valence-corrected chi connectivity index (χ0v) is 16.6. The van der Waals surface area contributed by atoms with Crippen molar-refractivity contribution >= 4 is 27.3 Å². The fraction of sp³-hybridized carbons (Fsp3) is 0.450. The lowest BCUT2D eigenvalue weighted by Gasteiger charge is -2.53. The van der Waals surface area contributed by atoms with E-state index in [0.717, 1.165) is 21.4 Å². The van der Waals surface area contributed by atoms with E-state index in [9.17, 15) is 18.0 Å². The van der Waals surface area contributed by atoms with E-state index in [1.165, 1.54) is 0 Å². The van der Waals surface area contributed by atoms with Gasteiger partial charge in [0.1, 0.15) is 5.69 Å². The largest absolute Gasteiger partial charge is 0.376 e. The fourth-order valence-corrected chi connectivity index (χ4v) is 6.33. The van der Waals surface area contributed by atoms with Crippen LogP contribution in [0.4, 0.5) is 0 Å². The summed E-state index contributed by atoms with van der Waals surface area (Å²) in [5.41, 5.74) is 2.82. The Morgan fingerprint density at radius 3 is 2.97 bits per heavy atom. The van der Waals surface area contributed by atoms with Gasteiger partial charge in [-0.3, -0.25) is 14.6 Å². The van der Waals surface area contributed by atoms with Crippen molar-refractivity contribution in [1.82, 2.24) is 9.29 Å². The minimum absolute atomic E-state index is 0.0112. The van der Waals surface area contributed by atoms with Crippen LogP contribution in [0.25, 0.3) is 0 Å². The second kappa shape index (κ2) is 5.34. The highest BCUT2D eigenvalue weighted by Gasteiger charge is 2.56. The molecule has 0 radical (unpaired) electrons. The summed E-state index contributed by atoms with van der Waals surface area (Å²) in [6, 6.07) is -0.0846. The number of aliphatic imine (C=N–C) groups is 1. The monoisotopic (exact) mass is 413 g/mol. The van der Waals surface area contributed by atoms with Crippen molar-refractivity contribution < 1.29 is 22.7 Å². The maximum Gasteiger partial charge on any atom is 0.236 e. The zero-order chi connectivity index (χ0) is 20.1. The van der Waals surface area contributed by atoms with Crippen molar-refractivity contribution in [3.8, 4) is 0 Å². The number of hydrogen-bond acceptors (Lipinski definition) is 7. The van der Waals surface area contributed by atoms with E-state index in [1.807, 2.05) is 6.08 Å². The van der Waals surface area contributed by atoms with Crippen LogP contribution in [0.15, 0.2) is 34.6 Å². The minimum atomic E-state index is -3.64. The van der Waals surface area contributed by atoms with Crippen LogP contribution in [0.1, 0.15) is 34.5 Å². The van der Waals surface area contributed by atoms with Gasteiger partial charge in [0.05, 0.1) is 36.4 Å². The molecule has 29 heavy (non-hydrogen) atoms. The van der Waals surface area contributed by atoms with Gasteiger partial charge < -0.3 is 10.1 Å². The molecule has 5 aliphatic rings. The van der Waals surface area contributed by atoms with Crippen molar-refractivity contribution in [3.05, 3.63) is 46.4 Å². The van der Waals surface area contributed by atoms with Crippen molar-refractivity contribution in [2.45, 2.75) is 31.4 Å². The Hall–Kier alpha value is -2.52. The first-order valence-electron chi connectivity index (χ1n) is 9.69. The molecule has 150 valence electrons. The Morgan fingerprint density at radius 1 is 1.34 bits per heavy atom. The molecule has 0 saturated carbocycles. The molecule has 0 aromatic carbocycles. The number of carbonyl (C=O) groups is 2. The summed E-state index contributed by atoms with van der Waals surface area (Å²) in [4.78, 5) is 30.4. The Kier molecular flexibility index (Phi) is 3.19.